The molecule has 0 unspecified atom stereocenters. The van der Waals surface area contributed by atoms with Crippen molar-refractivity contribution in [2.24, 2.45) is 0 Å². The summed E-state index contributed by atoms with van der Waals surface area (Å²) in [5, 5.41) is 0. The van der Waals surface area contributed by atoms with E-state index in [1.54, 1.807) is 0 Å². The van der Waals surface area contributed by atoms with Gasteiger partial charge < -0.3 is 0 Å². The van der Waals surface area contributed by atoms with Crippen LogP contribution in [0.1, 0.15) is 30.9 Å². The maximum Gasteiger partial charge on any atom is -0.00230 e. The highest BCUT2D eigenvalue weighted by Crippen LogP contribution is 2.22. The first kappa shape index (κ1) is 9.26. The van der Waals surface area contributed by atoms with E-state index in [4.69, 9.17) is 0 Å². The average molecular weight is 184 g/mol. The van der Waals surface area contributed by atoms with Gasteiger partial charge in [-0.2, -0.15) is 0 Å². The number of fused-ring (bicyclic) bond motifs is 1. The molecule has 0 saturated heterocycles. The van der Waals surface area contributed by atoms with Crippen molar-refractivity contribution < 1.29 is 0 Å². The Hall–Kier alpha value is -1.30. The van der Waals surface area contributed by atoms with Crippen LogP contribution in [0.2, 0.25) is 0 Å². The third-order valence-corrected chi connectivity index (χ3v) is 2.62. The molecule has 0 atom stereocenters. The first-order chi connectivity index (χ1) is 6.90. The molecule has 0 N–H and O–H groups in total. The Morgan fingerprint density at radius 1 is 1.21 bits per heavy atom. The van der Waals surface area contributed by atoms with Gasteiger partial charge in [-0.1, -0.05) is 55.8 Å². The summed E-state index contributed by atoms with van der Waals surface area (Å²) in [6.07, 6.45) is 10.4. The molecule has 0 aliphatic heterocycles. The lowest BCUT2D eigenvalue weighted by molar-refractivity contribution is 0.944. The van der Waals surface area contributed by atoms with Gasteiger partial charge in [0, 0.05) is 0 Å². The zero-order chi connectivity index (χ0) is 9.80. The van der Waals surface area contributed by atoms with Crippen LogP contribution in [-0.4, -0.2) is 0 Å². The van der Waals surface area contributed by atoms with Crippen molar-refractivity contribution in [2.45, 2.75) is 26.2 Å². The van der Waals surface area contributed by atoms with Gasteiger partial charge in [0.25, 0.3) is 0 Å². The third kappa shape index (κ3) is 1.95. The molecule has 0 aromatic heterocycles. The molecule has 1 aliphatic carbocycles. The van der Waals surface area contributed by atoms with E-state index < -0.39 is 0 Å². The largest absolute Gasteiger partial charge is 0.0810 e. The van der Waals surface area contributed by atoms with Crippen LogP contribution in [0.3, 0.4) is 0 Å². The molecular formula is C14H16. The fourth-order valence-corrected chi connectivity index (χ4v) is 1.80. The lowest BCUT2D eigenvalue weighted by atomic mass is 9.93. The van der Waals surface area contributed by atoms with Crippen LogP contribution in [0.25, 0.3) is 6.08 Å². The molecule has 1 aliphatic rings. The average Bonchev–Trinajstić information content (AvgIpc) is 2.26. The summed E-state index contributed by atoms with van der Waals surface area (Å²) in [5.41, 5.74) is 4.30. The van der Waals surface area contributed by atoms with Crippen molar-refractivity contribution in [1.82, 2.24) is 0 Å². The number of benzene rings is 1. The predicted octanol–water partition coefficient (Wildman–Crippen LogP) is 3.98. The van der Waals surface area contributed by atoms with Crippen LogP contribution in [0, 0.1) is 0 Å². The maximum atomic E-state index is 2.35. The van der Waals surface area contributed by atoms with Crippen LogP contribution in [-0.2, 0) is 6.42 Å². The lowest BCUT2D eigenvalue weighted by Gasteiger charge is -2.12. The summed E-state index contributed by atoms with van der Waals surface area (Å²) in [4.78, 5) is 0. The van der Waals surface area contributed by atoms with E-state index in [-0.39, 0.29) is 0 Å². The topological polar surface area (TPSA) is 0 Å². The highest BCUT2D eigenvalue weighted by atomic mass is 14.1. The van der Waals surface area contributed by atoms with Gasteiger partial charge in [-0.3, -0.25) is 0 Å². The zero-order valence-corrected chi connectivity index (χ0v) is 8.66. The SMILES string of the molecule is CCCC=C1C=Cc2ccccc2C1. The Morgan fingerprint density at radius 2 is 2.07 bits per heavy atom. The van der Waals surface area contributed by atoms with Crippen LogP contribution >= 0.6 is 0 Å². The van der Waals surface area contributed by atoms with Gasteiger partial charge in [-0.05, 0) is 29.5 Å². The van der Waals surface area contributed by atoms with Crippen molar-refractivity contribution in [3.8, 4) is 0 Å². The van der Waals surface area contributed by atoms with Crippen LogP contribution in [0.4, 0.5) is 0 Å². The van der Waals surface area contributed by atoms with Crippen LogP contribution in [0.5, 0.6) is 0 Å². The molecule has 0 amide bonds. The fraction of sp³-hybridized carbons (Fsp3) is 0.286. The standard InChI is InChI=1S/C14H16/c1-2-3-6-12-9-10-13-7-4-5-8-14(13)11-12/h4-10H,2-3,11H2,1H3. The minimum atomic E-state index is 1.10. The molecule has 0 nitrogen and oxygen atoms in total. The molecule has 0 heteroatoms. The fourth-order valence-electron chi connectivity index (χ4n) is 1.80. The number of allylic oxidation sites excluding steroid dienone is 3. The van der Waals surface area contributed by atoms with E-state index in [2.05, 4.69) is 49.4 Å². The monoisotopic (exact) mass is 184 g/mol. The summed E-state index contributed by atoms with van der Waals surface area (Å²) in [7, 11) is 0. The Balaban J connectivity index is 2.21. The van der Waals surface area contributed by atoms with Crippen molar-refractivity contribution >= 4 is 6.08 Å². The molecule has 1 aromatic carbocycles. The van der Waals surface area contributed by atoms with E-state index in [1.165, 1.54) is 29.5 Å². The van der Waals surface area contributed by atoms with E-state index >= 15 is 0 Å². The molecule has 0 radical (unpaired) electrons. The molecular weight excluding hydrogens is 168 g/mol. The van der Waals surface area contributed by atoms with E-state index in [0.29, 0.717) is 0 Å². The molecule has 1 aromatic rings. The molecule has 0 spiro atoms. The summed E-state index contributed by atoms with van der Waals surface area (Å²) >= 11 is 0. The van der Waals surface area contributed by atoms with Gasteiger partial charge in [-0.25, -0.2) is 0 Å². The highest BCUT2D eigenvalue weighted by Gasteiger charge is 2.05. The first-order valence-electron chi connectivity index (χ1n) is 5.35. The quantitative estimate of drug-likeness (QED) is 0.652. The Kier molecular flexibility index (Phi) is 2.83. The highest BCUT2D eigenvalue weighted by molar-refractivity contribution is 5.61. The Labute approximate surface area is 86.0 Å². The molecule has 0 heterocycles. The van der Waals surface area contributed by atoms with Gasteiger partial charge in [0.2, 0.25) is 0 Å². The molecule has 14 heavy (non-hydrogen) atoms. The zero-order valence-electron chi connectivity index (χ0n) is 8.66. The Morgan fingerprint density at radius 3 is 2.93 bits per heavy atom. The molecule has 0 saturated carbocycles. The minimum absolute atomic E-state index is 1.10. The van der Waals surface area contributed by atoms with Gasteiger partial charge in [-0.15, -0.1) is 0 Å². The first-order valence-corrected chi connectivity index (χ1v) is 5.35. The second kappa shape index (κ2) is 4.28. The number of hydrogen-bond donors (Lipinski definition) is 0. The van der Waals surface area contributed by atoms with Crippen LogP contribution in [0.15, 0.2) is 42.0 Å². The molecule has 2 rings (SSSR count). The molecule has 72 valence electrons. The van der Waals surface area contributed by atoms with E-state index in [0.717, 1.165) is 6.42 Å². The summed E-state index contributed by atoms with van der Waals surface area (Å²) in [5.74, 6) is 0. The number of unbranched alkanes of at least 4 members (excludes halogenated alkanes) is 1. The van der Waals surface area contributed by atoms with Gasteiger partial charge in [0.1, 0.15) is 0 Å². The summed E-state index contributed by atoms with van der Waals surface area (Å²) in [6.45, 7) is 2.22. The van der Waals surface area contributed by atoms with Crippen LogP contribution < -0.4 is 0 Å². The van der Waals surface area contributed by atoms with E-state index in [1.807, 2.05) is 0 Å². The van der Waals surface area contributed by atoms with Gasteiger partial charge in [0.05, 0.1) is 0 Å². The predicted molar refractivity (Wildman–Crippen MR) is 62.2 cm³/mol. The third-order valence-electron chi connectivity index (χ3n) is 2.62. The smallest absolute Gasteiger partial charge is 0.00230 e. The van der Waals surface area contributed by atoms with Crippen molar-refractivity contribution in [2.75, 3.05) is 0 Å². The van der Waals surface area contributed by atoms with Crippen molar-refractivity contribution in [3.63, 3.8) is 0 Å². The van der Waals surface area contributed by atoms with Gasteiger partial charge >= 0.3 is 0 Å². The second-order valence-electron chi connectivity index (χ2n) is 3.78. The van der Waals surface area contributed by atoms with Gasteiger partial charge in [0.15, 0.2) is 0 Å². The second-order valence-corrected chi connectivity index (χ2v) is 3.78. The number of hydrogen-bond acceptors (Lipinski definition) is 0. The number of rotatable bonds is 2. The van der Waals surface area contributed by atoms with E-state index in [9.17, 15) is 0 Å². The lowest BCUT2D eigenvalue weighted by Crippen LogP contribution is -1.96. The van der Waals surface area contributed by atoms with Crippen molar-refractivity contribution in [1.29, 1.82) is 0 Å². The normalized spacial score (nSPS) is 17.1. The summed E-state index contributed by atoms with van der Waals surface area (Å²) < 4.78 is 0. The Bertz CT molecular complexity index is 369. The summed E-state index contributed by atoms with van der Waals surface area (Å²) in [6, 6.07) is 8.63. The molecule has 0 fully saturated rings. The minimum Gasteiger partial charge on any atom is -0.0810 e. The molecule has 0 bridgehead atoms. The van der Waals surface area contributed by atoms with Crippen molar-refractivity contribution in [3.05, 3.63) is 53.1 Å². The maximum absolute atomic E-state index is 2.35.